The van der Waals surface area contributed by atoms with Crippen molar-refractivity contribution >= 4 is 17.0 Å². The van der Waals surface area contributed by atoms with Gasteiger partial charge in [0.2, 0.25) is 5.82 Å². The highest BCUT2D eigenvalue weighted by atomic mass is 32.1. The summed E-state index contributed by atoms with van der Waals surface area (Å²) in [6, 6.07) is 7.81. The van der Waals surface area contributed by atoms with Gasteiger partial charge in [-0.25, -0.2) is 0 Å². The Kier molecular flexibility index (Phi) is 4.59. The standard InChI is InChI=1S/C13H12FNO3S/c14-12-8-10(3-4-13(12)15(16)17)9-18-6-5-11-2-1-7-19-11/h1-4,7-8H,5-6,9H2. The van der Waals surface area contributed by atoms with Crippen molar-refractivity contribution < 1.29 is 14.1 Å². The molecule has 0 bridgehead atoms. The fourth-order valence-corrected chi connectivity index (χ4v) is 2.30. The normalized spacial score (nSPS) is 10.6. The van der Waals surface area contributed by atoms with Crippen LogP contribution in [0.25, 0.3) is 0 Å². The Bertz CT molecular complexity index is 557. The minimum absolute atomic E-state index is 0.250. The van der Waals surface area contributed by atoms with Gasteiger partial charge in [-0.3, -0.25) is 10.1 Å². The van der Waals surface area contributed by atoms with Crippen LogP contribution in [0.4, 0.5) is 10.1 Å². The van der Waals surface area contributed by atoms with Crippen LogP contribution in [0.15, 0.2) is 35.7 Å². The average molecular weight is 281 g/mol. The summed E-state index contributed by atoms with van der Waals surface area (Å²) < 4.78 is 18.8. The zero-order valence-corrected chi connectivity index (χ0v) is 10.9. The maximum absolute atomic E-state index is 13.3. The average Bonchev–Trinajstić information content (AvgIpc) is 2.87. The van der Waals surface area contributed by atoms with Crippen molar-refractivity contribution in [3.05, 3.63) is 62.1 Å². The van der Waals surface area contributed by atoms with E-state index >= 15 is 0 Å². The SMILES string of the molecule is O=[N+]([O-])c1ccc(COCCc2cccs2)cc1F. The fraction of sp³-hybridized carbons (Fsp3) is 0.231. The van der Waals surface area contributed by atoms with Gasteiger partial charge in [0, 0.05) is 17.4 Å². The second kappa shape index (κ2) is 6.40. The molecule has 0 fully saturated rings. The third kappa shape index (κ3) is 3.84. The lowest BCUT2D eigenvalue weighted by molar-refractivity contribution is -0.387. The summed E-state index contributed by atoms with van der Waals surface area (Å²) in [5.74, 6) is -0.829. The molecule has 1 aromatic heterocycles. The molecule has 1 heterocycles. The molecule has 0 aliphatic heterocycles. The summed E-state index contributed by atoms with van der Waals surface area (Å²) in [6.45, 7) is 0.791. The Hall–Kier alpha value is -1.79. The fourth-order valence-electron chi connectivity index (χ4n) is 1.61. The lowest BCUT2D eigenvalue weighted by Crippen LogP contribution is -1.99. The number of hydrogen-bond acceptors (Lipinski definition) is 4. The Labute approximate surface area is 113 Å². The molecule has 0 radical (unpaired) electrons. The molecule has 0 spiro atoms. The number of nitro benzene ring substituents is 1. The van der Waals surface area contributed by atoms with Crippen molar-refractivity contribution in [1.29, 1.82) is 0 Å². The minimum Gasteiger partial charge on any atom is -0.376 e. The van der Waals surface area contributed by atoms with E-state index in [9.17, 15) is 14.5 Å². The molecule has 100 valence electrons. The topological polar surface area (TPSA) is 52.4 Å². The molecule has 0 amide bonds. The van der Waals surface area contributed by atoms with Crippen LogP contribution in [0.1, 0.15) is 10.4 Å². The molecule has 4 nitrogen and oxygen atoms in total. The molecule has 19 heavy (non-hydrogen) atoms. The first-order valence-electron chi connectivity index (χ1n) is 5.70. The third-order valence-corrected chi connectivity index (χ3v) is 3.49. The second-order valence-electron chi connectivity index (χ2n) is 3.92. The van der Waals surface area contributed by atoms with Crippen molar-refractivity contribution in [3.8, 4) is 0 Å². The van der Waals surface area contributed by atoms with E-state index in [1.54, 1.807) is 11.3 Å². The van der Waals surface area contributed by atoms with Crippen LogP contribution in [0.5, 0.6) is 0 Å². The number of nitrogens with zero attached hydrogens (tertiary/aromatic N) is 1. The second-order valence-corrected chi connectivity index (χ2v) is 4.96. The van der Waals surface area contributed by atoms with Gasteiger partial charge in [0.25, 0.3) is 0 Å². The first kappa shape index (κ1) is 13.6. The van der Waals surface area contributed by atoms with E-state index in [0.29, 0.717) is 12.2 Å². The van der Waals surface area contributed by atoms with Crippen LogP contribution in [-0.2, 0) is 17.8 Å². The molecular formula is C13H12FNO3S. The molecule has 0 N–H and O–H groups in total. The first-order chi connectivity index (χ1) is 9.16. The monoisotopic (exact) mass is 281 g/mol. The number of ether oxygens (including phenoxy) is 1. The zero-order chi connectivity index (χ0) is 13.7. The maximum Gasteiger partial charge on any atom is 0.304 e. The van der Waals surface area contributed by atoms with E-state index in [-0.39, 0.29) is 6.61 Å². The third-order valence-electron chi connectivity index (χ3n) is 2.55. The number of nitro groups is 1. The van der Waals surface area contributed by atoms with Gasteiger partial charge in [-0.2, -0.15) is 4.39 Å². The van der Waals surface area contributed by atoms with Crippen LogP contribution in [0.2, 0.25) is 0 Å². The summed E-state index contributed by atoms with van der Waals surface area (Å²) in [6.07, 6.45) is 0.813. The lowest BCUT2D eigenvalue weighted by atomic mass is 10.2. The number of benzene rings is 1. The molecular weight excluding hydrogens is 269 g/mol. The molecule has 0 aliphatic carbocycles. The van der Waals surface area contributed by atoms with E-state index in [1.165, 1.54) is 10.9 Å². The summed E-state index contributed by atoms with van der Waals surface area (Å²) in [5.41, 5.74) is 0.0802. The Morgan fingerprint density at radius 3 is 2.84 bits per heavy atom. The predicted molar refractivity (Wildman–Crippen MR) is 70.7 cm³/mol. The van der Waals surface area contributed by atoms with Crippen LogP contribution < -0.4 is 0 Å². The largest absolute Gasteiger partial charge is 0.376 e. The van der Waals surface area contributed by atoms with Gasteiger partial charge in [0.1, 0.15) is 0 Å². The number of hydrogen-bond donors (Lipinski definition) is 0. The van der Waals surface area contributed by atoms with Crippen LogP contribution in [-0.4, -0.2) is 11.5 Å². The molecule has 0 aliphatic rings. The van der Waals surface area contributed by atoms with Crippen molar-refractivity contribution in [2.24, 2.45) is 0 Å². The minimum atomic E-state index is -0.829. The van der Waals surface area contributed by atoms with Gasteiger partial charge in [0.05, 0.1) is 18.1 Å². The van der Waals surface area contributed by atoms with Crippen molar-refractivity contribution in [3.63, 3.8) is 0 Å². The summed E-state index contributed by atoms with van der Waals surface area (Å²) in [7, 11) is 0. The smallest absolute Gasteiger partial charge is 0.304 e. The van der Waals surface area contributed by atoms with Crippen LogP contribution >= 0.6 is 11.3 Å². The van der Waals surface area contributed by atoms with Gasteiger partial charge in [0.15, 0.2) is 0 Å². The van der Waals surface area contributed by atoms with Gasteiger partial charge in [-0.1, -0.05) is 6.07 Å². The molecule has 1 aromatic carbocycles. The highest BCUT2D eigenvalue weighted by molar-refractivity contribution is 7.09. The number of halogens is 1. The Morgan fingerprint density at radius 1 is 1.37 bits per heavy atom. The van der Waals surface area contributed by atoms with Gasteiger partial charge < -0.3 is 4.74 Å². The van der Waals surface area contributed by atoms with Crippen LogP contribution in [0.3, 0.4) is 0 Å². The molecule has 2 rings (SSSR count). The maximum atomic E-state index is 13.3. The lowest BCUT2D eigenvalue weighted by Gasteiger charge is -2.04. The Balaban J connectivity index is 1.83. The van der Waals surface area contributed by atoms with E-state index in [0.717, 1.165) is 18.6 Å². The summed E-state index contributed by atoms with van der Waals surface area (Å²) in [5, 5.41) is 12.5. The summed E-state index contributed by atoms with van der Waals surface area (Å²) in [4.78, 5) is 11.0. The van der Waals surface area contributed by atoms with Gasteiger partial charge in [-0.15, -0.1) is 11.3 Å². The zero-order valence-electron chi connectivity index (χ0n) is 10.0. The van der Waals surface area contributed by atoms with Gasteiger partial charge in [-0.05, 0) is 29.1 Å². The van der Waals surface area contributed by atoms with E-state index < -0.39 is 16.4 Å². The molecule has 0 unspecified atom stereocenters. The van der Waals surface area contributed by atoms with Crippen LogP contribution in [0, 0.1) is 15.9 Å². The van der Waals surface area contributed by atoms with E-state index in [1.807, 2.05) is 17.5 Å². The first-order valence-corrected chi connectivity index (χ1v) is 6.58. The van der Waals surface area contributed by atoms with E-state index in [2.05, 4.69) is 0 Å². The van der Waals surface area contributed by atoms with E-state index in [4.69, 9.17) is 4.74 Å². The van der Waals surface area contributed by atoms with Crippen molar-refractivity contribution in [2.45, 2.75) is 13.0 Å². The molecule has 2 aromatic rings. The highest BCUT2D eigenvalue weighted by Gasteiger charge is 2.13. The molecule has 6 heteroatoms. The van der Waals surface area contributed by atoms with Crippen molar-refractivity contribution in [1.82, 2.24) is 0 Å². The van der Waals surface area contributed by atoms with Gasteiger partial charge >= 0.3 is 5.69 Å². The number of rotatable bonds is 6. The number of thiophene rings is 1. The summed E-state index contributed by atoms with van der Waals surface area (Å²) >= 11 is 1.66. The highest BCUT2D eigenvalue weighted by Crippen LogP contribution is 2.18. The molecule has 0 saturated heterocycles. The molecule has 0 atom stereocenters. The predicted octanol–water partition coefficient (Wildman–Crippen LogP) is 3.55. The van der Waals surface area contributed by atoms with Crippen molar-refractivity contribution in [2.75, 3.05) is 6.61 Å². The quantitative estimate of drug-likeness (QED) is 0.462. The molecule has 0 saturated carbocycles. The Morgan fingerprint density at radius 2 is 2.21 bits per heavy atom.